The summed E-state index contributed by atoms with van der Waals surface area (Å²) in [5.41, 5.74) is 8.40. The molecule has 8 rings (SSSR count). The van der Waals surface area contributed by atoms with Gasteiger partial charge in [0, 0.05) is 44.0 Å². The van der Waals surface area contributed by atoms with Crippen molar-refractivity contribution in [2.45, 2.75) is 171 Å². The topological polar surface area (TPSA) is 284 Å². The molecule has 3 amide bonds. The summed E-state index contributed by atoms with van der Waals surface area (Å²) in [6.45, 7) is 11.1. The lowest BCUT2D eigenvalue weighted by Crippen LogP contribution is -2.51. The molecule has 4 aliphatic rings. The Morgan fingerprint density at radius 3 is 1.31 bits per heavy atom. The van der Waals surface area contributed by atoms with Crippen LogP contribution in [0.4, 0.5) is 21.0 Å². The quantitative estimate of drug-likeness (QED) is 0.0181. The number of alkyl carbamates (subject to hydrolysis) is 2. The highest BCUT2D eigenvalue weighted by Crippen LogP contribution is 2.35. The predicted molar refractivity (Wildman–Crippen MR) is 385 cm³/mol. The minimum absolute atomic E-state index is 0.000183. The number of hydrogen-bond acceptors (Lipinski definition) is 16. The first-order valence-electron chi connectivity index (χ1n) is 34.7. The highest BCUT2D eigenvalue weighted by molar-refractivity contribution is 7.89. The van der Waals surface area contributed by atoms with E-state index in [-0.39, 0.29) is 111 Å². The first kappa shape index (κ1) is 79.0. The van der Waals surface area contributed by atoms with E-state index in [1.807, 2.05) is 101 Å². The summed E-state index contributed by atoms with van der Waals surface area (Å²) in [7, 11) is -8.01. The van der Waals surface area contributed by atoms with Gasteiger partial charge < -0.3 is 60.3 Å². The van der Waals surface area contributed by atoms with Crippen LogP contribution in [-0.4, -0.2) is 155 Å². The molecule has 4 heterocycles. The number of nitrogens with zero attached hydrogens (tertiary/aromatic N) is 2. The number of rotatable bonds is 37. The van der Waals surface area contributed by atoms with Gasteiger partial charge in [0.15, 0.2) is 12.6 Å². The number of carbonyl (C=O) groups is 3. The normalized spacial score (nSPS) is 20.7. The zero-order valence-electron chi connectivity index (χ0n) is 57.9. The molecule has 23 heteroatoms. The maximum absolute atomic E-state index is 14.0. The van der Waals surface area contributed by atoms with E-state index in [1.54, 1.807) is 12.1 Å². The summed E-state index contributed by atoms with van der Waals surface area (Å²) >= 11 is 0. The van der Waals surface area contributed by atoms with E-state index in [0.29, 0.717) is 31.0 Å². The lowest BCUT2D eigenvalue weighted by Gasteiger charge is -2.31. The number of amides is 3. The molecule has 4 fully saturated rings. The van der Waals surface area contributed by atoms with E-state index in [0.717, 1.165) is 62.5 Å². The van der Waals surface area contributed by atoms with Crippen molar-refractivity contribution in [1.82, 2.24) is 19.2 Å². The van der Waals surface area contributed by atoms with E-state index in [9.17, 15) is 41.4 Å². The molecule has 99 heavy (non-hydrogen) atoms. The molecule has 0 unspecified atom stereocenters. The summed E-state index contributed by atoms with van der Waals surface area (Å²) in [6, 6.07) is 29.1. The molecule has 0 saturated carbocycles. The van der Waals surface area contributed by atoms with Gasteiger partial charge in [-0.25, -0.2) is 26.4 Å². The van der Waals surface area contributed by atoms with Crippen molar-refractivity contribution in [3.8, 4) is 0 Å². The summed E-state index contributed by atoms with van der Waals surface area (Å²) in [5, 5.41) is 31.4. The molecule has 4 aliphatic heterocycles. The van der Waals surface area contributed by atoms with Crippen molar-refractivity contribution in [2.24, 2.45) is 23.7 Å². The molecule has 0 radical (unpaired) electrons. The van der Waals surface area contributed by atoms with Gasteiger partial charge in [-0.2, -0.15) is 8.61 Å². The number of nitrogen functional groups attached to an aromatic ring is 1. The minimum atomic E-state index is -4.08. The second-order valence-corrected chi connectivity index (χ2v) is 29.9. The molecule has 4 aromatic carbocycles. The monoisotopic (exact) mass is 1400 g/mol. The third-order valence-electron chi connectivity index (χ3n) is 17.0. The van der Waals surface area contributed by atoms with Gasteiger partial charge in [0.2, 0.25) is 26.0 Å². The number of nitrogens with one attached hydrogen (secondary N) is 3. The van der Waals surface area contributed by atoms with E-state index in [1.165, 1.54) is 45.0 Å². The zero-order chi connectivity index (χ0) is 71.0. The summed E-state index contributed by atoms with van der Waals surface area (Å²) in [4.78, 5) is 38.9. The van der Waals surface area contributed by atoms with Crippen LogP contribution in [0, 0.1) is 23.7 Å². The Labute approximate surface area is 586 Å². The van der Waals surface area contributed by atoms with Crippen molar-refractivity contribution in [3.05, 3.63) is 193 Å². The van der Waals surface area contributed by atoms with Gasteiger partial charge in [-0.3, -0.25) is 4.79 Å². The standard InChI is InChI=1S/C49H67N3O8S.C27H37N3O7S/c1-4-5-6-7-8-9-10-11-12-13-14-15-16-17-18-19-20-21-25-28-47(54)50-41-29-31-42(32-30-41)61(56,57)52(36-39(2)3)37-45(53)44(35-40-26-23-22-24-27-40)51-49(55)60-46-38-59-48-43(46)33-34-58-48;1-18(2)15-30(38(33,34)21-10-8-20(28)9-11-21)16-24(31)23(14-19-6-4-3-5-7-19)29-27(32)37-25-17-36-26-22(25)12-13-35-26/h5-6,8-9,11-12,14-15,17-18,20-24,26-27,29-32,39,43-46,48,53H,4,7,10,13,16,19,25,28,33-38H2,1-3H3,(H,50,54)(H,51,55);3-11,18,22-26,31H,12-17,28H2,1-2H3,(H,29,32)/b6-5-,9-8-,12-11-,15-14-,18-17-,21-20-;/t43-,44-,45+,46-,48+;22-,23-,24+,25-,26+/m00/s1. The summed E-state index contributed by atoms with van der Waals surface area (Å²) in [5.74, 6) is -0.309. The van der Waals surface area contributed by atoms with Gasteiger partial charge in [0.1, 0.15) is 12.2 Å². The number of anilines is 2. The summed E-state index contributed by atoms with van der Waals surface area (Å²) < 4.78 is 91.1. The number of carbonyl (C=O) groups excluding carboxylic acids is 3. The van der Waals surface area contributed by atoms with Crippen LogP contribution in [0.5, 0.6) is 0 Å². The Morgan fingerprint density at radius 2 is 0.919 bits per heavy atom. The van der Waals surface area contributed by atoms with Crippen LogP contribution in [0.1, 0.15) is 110 Å². The fraction of sp³-hybridized carbons (Fsp3) is 0.487. The smallest absolute Gasteiger partial charge is 0.407 e. The summed E-state index contributed by atoms with van der Waals surface area (Å²) in [6.07, 6.45) is 28.6. The largest absolute Gasteiger partial charge is 0.443 e. The number of aliphatic hydroxyl groups is 2. The van der Waals surface area contributed by atoms with Crippen molar-refractivity contribution in [2.75, 3.05) is 63.7 Å². The Bertz CT molecular complexity index is 3500. The molecule has 4 saturated heterocycles. The van der Waals surface area contributed by atoms with Crippen LogP contribution in [-0.2, 0) is 66.1 Å². The van der Waals surface area contributed by atoms with Crippen LogP contribution >= 0.6 is 0 Å². The first-order valence-corrected chi connectivity index (χ1v) is 37.6. The van der Waals surface area contributed by atoms with E-state index >= 15 is 0 Å². The molecule has 0 spiro atoms. The molecule has 7 N–H and O–H groups in total. The third-order valence-corrected chi connectivity index (χ3v) is 20.7. The highest BCUT2D eigenvalue weighted by Gasteiger charge is 2.46. The van der Waals surface area contributed by atoms with Gasteiger partial charge in [0.05, 0.1) is 72.3 Å². The molecule has 0 aromatic heterocycles. The van der Waals surface area contributed by atoms with Gasteiger partial charge in [-0.1, -0.05) is 168 Å². The SMILES string of the molecule is CC(C)CN(C[C@@H](O)[C@H](Cc1ccccc1)NC(=O)O[C@H]1CO[C@H]2OCC[C@H]21)S(=O)(=O)c1ccc(N)cc1.CC/C=C\C/C=C\C/C=C\C/C=C\C/C=C\C/C=C\CCC(=O)Nc1ccc(S(=O)(=O)N(CC(C)C)C[C@@H](O)[C@H](Cc2ccccc2)NC(=O)O[C@H]2CO[C@H]3OCC[C@H]32)cc1. The maximum Gasteiger partial charge on any atom is 0.407 e. The number of sulfonamides is 2. The number of fused-ring (bicyclic) bond motifs is 2. The maximum atomic E-state index is 14.0. The molecule has 4 aromatic rings. The minimum Gasteiger partial charge on any atom is -0.443 e. The predicted octanol–water partition coefficient (Wildman–Crippen LogP) is 11.6. The van der Waals surface area contributed by atoms with Crippen LogP contribution in [0.25, 0.3) is 0 Å². The van der Waals surface area contributed by atoms with Crippen molar-refractivity contribution in [1.29, 1.82) is 0 Å². The number of benzene rings is 4. The Kier molecular flexibility index (Phi) is 33.1. The van der Waals surface area contributed by atoms with Crippen LogP contribution < -0.4 is 21.7 Å². The van der Waals surface area contributed by atoms with Crippen molar-refractivity contribution >= 4 is 49.5 Å². The zero-order valence-corrected chi connectivity index (χ0v) is 59.5. The van der Waals surface area contributed by atoms with Crippen molar-refractivity contribution in [3.63, 3.8) is 0 Å². The van der Waals surface area contributed by atoms with Crippen LogP contribution in [0.15, 0.2) is 192 Å². The Balaban J connectivity index is 0.000000309. The average Bonchev–Trinajstić information content (AvgIpc) is 1.81. The van der Waals surface area contributed by atoms with Gasteiger partial charge in [-0.15, -0.1) is 0 Å². The number of nitrogens with two attached hydrogens (primary N) is 1. The third kappa shape index (κ3) is 26.6. The molecular formula is C76H104N6O15S2. The Morgan fingerprint density at radius 1 is 0.535 bits per heavy atom. The lowest BCUT2D eigenvalue weighted by molar-refractivity contribution is -0.116. The van der Waals surface area contributed by atoms with E-state index in [4.69, 9.17) is 34.2 Å². The second kappa shape index (κ2) is 41.5. The van der Waals surface area contributed by atoms with Crippen LogP contribution in [0.2, 0.25) is 0 Å². The van der Waals surface area contributed by atoms with E-state index in [2.05, 4.69) is 83.6 Å². The first-order chi connectivity index (χ1) is 47.7. The average molecular weight is 1410 g/mol. The molecule has 540 valence electrons. The fourth-order valence-electron chi connectivity index (χ4n) is 11.8. The number of ether oxygens (including phenoxy) is 6. The molecular weight excluding hydrogens is 1300 g/mol. The van der Waals surface area contributed by atoms with E-state index < -0.39 is 68.7 Å². The van der Waals surface area contributed by atoms with Gasteiger partial charge >= 0.3 is 12.2 Å². The Hall–Kier alpha value is -7.29. The fourth-order valence-corrected chi connectivity index (χ4v) is 15.0. The highest BCUT2D eigenvalue weighted by atomic mass is 32.2. The van der Waals surface area contributed by atoms with Gasteiger partial charge in [0.25, 0.3) is 0 Å². The molecule has 10 atom stereocenters. The second-order valence-electron chi connectivity index (χ2n) is 26.0. The van der Waals surface area contributed by atoms with Crippen molar-refractivity contribution < 1.29 is 69.9 Å². The molecule has 0 aliphatic carbocycles. The molecule has 0 bridgehead atoms. The lowest BCUT2D eigenvalue weighted by atomic mass is 10.0. The van der Waals surface area contributed by atoms with Crippen LogP contribution in [0.3, 0.4) is 0 Å². The van der Waals surface area contributed by atoms with Gasteiger partial charge in [-0.05, 0) is 142 Å². The number of aliphatic hydroxyl groups excluding tert-OH is 2. The number of hydrogen-bond donors (Lipinski definition) is 6. The molecule has 21 nitrogen and oxygen atoms in total. The number of allylic oxidation sites excluding steroid dienone is 12.